The van der Waals surface area contributed by atoms with Crippen LogP contribution in [-0.4, -0.2) is 58.1 Å². The molecule has 1 atom stereocenters. The number of nitrogens with zero attached hydrogens (tertiary/aromatic N) is 4. The van der Waals surface area contributed by atoms with Gasteiger partial charge in [-0.2, -0.15) is 0 Å². The van der Waals surface area contributed by atoms with E-state index in [0.29, 0.717) is 23.3 Å². The van der Waals surface area contributed by atoms with Gasteiger partial charge in [-0.3, -0.25) is 14.5 Å². The monoisotopic (exact) mass is 355 g/mol. The standard InChI is InChI=1S/C18H21N5O3/c1-26-13-6-7-14-15(9-13)20-16(22-21-14)18(25)23(12-4-5-12)17(24)11-3-2-8-19-10-11/h6-7,9,11-12,19H,2-5,8,10H2,1H3. The highest BCUT2D eigenvalue weighted by molar-refractivity contribution is 6.04. The molecule has 1 aliphatic carbocycles. The predicted molar refractivity (Wildman–Crippen MR) is 93.7 cm³/mol. The molecular weight excluding hydrogens is 334 g/mol. The zero-order valence-corrected chi connectivity index (χ0v) is 14.6. The van der Waals surface area contributed by atoms with Gasteiger partial charge >= 0.3 is 0 Å². The molecular formula is C18H21N5O3. The summed E-state index contributed by atoms with van der Waals surface area (Å²) in [6, 6.07) is 5.16. The van der Waals surface area contributed by atoms with Crippen LogP contribution in [0.3, 0.4) is 0 Å². The van der Waals surface area contributed by atoms with Crippen LogP contribution in [0.1, 0.15) is 36.3 Å². The molecule has 1 aliphatic heterocycles. The third-order valence-corrected chi connectivity index (χ3v) is 4.87. The highest BCUT2D eigenvalue weighted by atomic mass is 16.5. The zero-order chi connectivity index (χ0) is 18.1. The van der Waals surface area contributed by atoms with Gasteiger partial charge in [0.05, 0.1) is 18.5 Å². The predicted octanol–water partition coefficient (Wildman–Crippen LogP) is 1.16. The summed E-state index contributed by atoms with van der Waals surface area (Å²) in [7, 11) is 1.56. The summed E-state index contributed by atoms with van der Waals surface area (Å²) in [5, 5.41) is 11.3. The van der Waals surface area contributed by atoms with Crippen molar-refractivity contribution in [2.24, 2.45) is 5.92 Å². The second kappa shape index (κ2) is 6.95. The minimum Gasteiger partial charge on any atom is -0.497 e. The largest absolute Gasteiger partial charge is 0.497 e. The second-order valence-corrected chi connectivity index (χ2v) is 6.78. The fourth-order valence-corrected chi connectivity index (χ4v) is 3.28. The Hall–Kier alpha value is -2.61. The Morgan fingerprint density at radius 2 is 2.04 bits per heavy atom. The van der Waals surface area contributed by atoms with Gasteiger partial charge in [-0.15, -0.1) is 10.2 Å². The summed E-state index contributed by atoms with van der Waals surface area (Å²) in [5.74, 6) is -0.171. The molecule has 136 valence electrons. The number of methoxy groups -OCH3 is 1. The van der Waals surface area contributed by atoms with Crippen LogP contribution >= 0.6 is 0 Å². The van der Waals surface area contributed by atoms with E-state index in [1.807, 2.05) is 0 Å². The van der Waals surface area contributed by atoms with Gasteiger partial charge in [0.2, 0.25) is 11.7 Å². The van der Waals surface area contributed by atoms with Crippen LogP contribution in [0.25, 0.3) is 11.0 Å². The molecule has 2 aromatic rings. The number of rotatable bonds is 4. The van der Waals surface area contributed by atoms with Gasteiger partial charge in [-0.25, -0.2) is 4.98 Å². The van der Waals surface area contributed by atoms with Gasteiger partial charge in [-0.1, -0.05) is 0 Å². The lowest BCUT2D eigenvalue weighted by Gasteiger charge is -2.28. The van der Waals surface area contributed by atoms with Crippen LogP contribution < -0.4 is 10.1 Å². The number of nitrogens with one attached hydrogen (secondary N) is 1. The Balaban J connectivity index is 1.63. The number of imide groups is 1. The second-order valence-electron chi connectivity index (χ2n) is 6.78. The molecule has 1 N–H and O–H groups in total. The highest BCUT2D eigenvalue weighted by Crippen LogP contribution is 2.30. The fourth-order valence-electron chi connectivity index (χ4n) is 3.28. The third kappa shape index (κ3) is 3.24. The Morgan fingerprint density at radius 3 is 2.73 bits per heavy atom. The van der Waals surface area contributed by atoms with E-state index in [4.69, 9.17) is 4.74 Å². The molecule has 8 nitrogen and oxygen atoms in total. The third-order valence-electron chi connectivity index (χ3n) is 4.87. The maximum atomic E-state index is 13.0. The fraction of sp³-hybridized carbons (Fsp3) is 0.500. The Morgan fingerprint density at radius 1 is 1.19 bits per heavy atom. The lowest BCUT2D eigenvalue weighted by atomic mass is 9.98. The number of benzene rings is 1. The molecule has 2 aliphatic rings. The maximum Gasteiger partial charge on any atom is 0.300 e. The normalized spacial score (nSPS) is 20.0. The summed E-state index contributed by atoms with van der Waals surface area (Å²) in [6.07, 6.45) is 3.42. The van der Waals surface area contributed by atoms with Gasteiger partial charge in [0.1, 0.15) is 11.3 Å². The summed E-state index contributed by atoms with van der Waals surface area (Å²) >= 11 is 0. The molecule has 1 unspecified atom stereocenters. The van der Waals surface area contributed by atoms with E-state index in [2.05, 4.69) is 20.5 Å². The Bertz CT molecular complexity index is 846. The van der Waals surface area contributed by atoms with Crippen molar-refractivity contribution in [1.82, 2.24) is 25.4 Å². The molecule has 0 radical (unpaired) electrons. The smallest absolute Gasteiger partial charge is 0.300 e. The van der Waals surface area contributed by atoms with Gasteiger partial charge in [0, 0.05) is 18.7 Å². The Kier molecular flexibility index (Phi) is 4.50. The quantitative estimate of drug-likeness (QED) is 0.822. The van der Waals surface area contributed by atoms with Crippen LogP contribution in [0.4, 0.5) is 0 Å². The first-order chi connectivity index (χ1) is 12.7. The van der Waals surface area contributed by atoms with Crippen molar-refractivity contribution in [3.8, 4) is 5.75 Å². The number of aromatic nitrogens is 3. The van der Waals surface area contributed by atoms with Crippen LogP contribution in [-0.2, 0) is 4.79 Å². The van der Waals surface area contributed by atoms with Crippen LogP contribution in [0.2, 0.25) is 0 Å². The van der Waals surface area contributed by atoms with Crippen molar-refractivity contribution in [3.63, 3.8) is 0 Å². The molecule has 2 fully saturated rings. The van der Waals surface area contributed by atoms with Crippen molar-refractivity contribution in [3.05, 3.63) is 24.0 Å². The summed E-state index contributed by atoms with van der Waals surface area (Å²) in [6.45, 7) is 1.53. The first-order valence-electron chi connectivity index (χ1n) is 8.94. The summed E-state index contributed by atoms with van der Waals surface area (Å²) in [4.78, 5) is 31.6. The first-order valence-corrected chi connectivity index (χ1v) is 8.94. The van der Waals surface area contributed by atoms with E-state index >= 15 is 0 Å². The van der Waals surface area contributed by atoms with Crippen molar-refractivity contribution in [2.45, 2.75) is 31.7 Å². The molecule has 0 spiro atoms. The van der Waals surface area contributed by atoms with Crippen molar-refractivity contribution < 1.29 is 14.3 Å². The molecule has 2 heterocycles. The van der Waals surface area contributed by atoms with Crippen molar-refractivity contribution in [1.29, 1.82) is 0 Å². The van der Waals surface area contributed by atoms with Crippen LogP contribution in [0, 0.1) is 5.92 Å². The van der Waals surface area contributed by atoms with E-state index in [1.54, 1.807) is 25.3 Å². The van der Waals surface area contributed by atoms with Gasteiger partial charge in [0.25, 0.3) is 5.91 Å². The molecule has 1 aromatic carbocycles. The molecule has 4 rings (SSSR count). The number of piperidine rings is 1. The van der Waals surface area contributed by atoms with E-state index in [0.717, 1.165) is 32.2 Å². The van der Waals surface area contributed by atoms with E-state index in [9.17, 15) is 9.59 Å². The van der Waals surface area contributed by atoms with Gasteiger partial charge < -0.3 is 10.1 Å². The van der Waals surface area contributed by atoms with Crippen molar-refractivity contribution in [2.75, 3.05) is 20.2 Å². The number of hydrogen-bond donors (Lipinski definition) is 1. The zero-order valence-electron chi connectivity index (χ0n) is 14.6. The molecule has 0 bridgehead atoms. The maximum absolute atomic E-state index is 13.0. The molecule has 8 heteroatoms. The Labute approximate surface area is 150 Å². The topological polar surface area (TPSA) is 97.3 Å². The summed E-state index contributed by atoms with van der Waals surface area (Å²) in [5.41, 5.74) is 1.09. The average molecular weight is 355 g/mol. The number of fused-ring (bicyclic) bond motifs is 1. The van der Waals surface area contributed by atoms with Crippen LogP contribution in [0.15, 0.2) is 18.2 Å². The van der Waals surface area contributed by atoms with E-state index < -0.39 is 5.91 Å². The lowest BCUT2D eigenvalue weighted by molar-refractivity contribution is -0.133. The minimum absolute atomic E-state index is 0.0402. The molecule has 1 aromatic heterocycles. The average Bonchev–Trinajstić information content (AvgIpc) is 3.52. The SMILES string of the molecule is COc1ccc2nnc(C(=O)N(C(=O)C3CCCNC3)C3CC3)nc2c1. The number of carbonyl (C=O) groups excluding carboxylic acids is 2. The number of hydrogen-bond acceptors (Lipinski definition) is 7. The lowest BCUT2D eigenvalue weighted by Crippen LogP contribution is -2.47. The molecule has 2 amide bonds. The summed E-state index contributed by atoms with van der Waals surface area (Å²) < 4.78 is 5.19. The number of carbonyl (C=O) groups is 2. The molecule has 26 heavy (non-hydrogen) atoms. The number of ether oxygens (including phenoxy) is 1. The molecule has 1 saturated carbocycles. The highest BCUT2D eigenvalue weighted by Gasteiger charge is 2.41. The van der Waals surface area contributed by atoms with Gasteiger partial charge in [-0.05, 0) is 44.4 Å². The van der Waals surface area contributed by atoms with Crippen LogP contribution in [0.5, 0.6) is 5.75 Å². The first kappa shape index (κ1) is 16.8. The van der Waals surface area contributed by atoms with Gasteiger partial charge in [0.15, 0.2) is 0 Å². The number of amides is 2. The van der Waals surface area contributed by atoms with E-state index in [-0.39, 0.29) is 23.7 Å². The minimum atomic E-state index is -0.458. The molecule has 1 saturated heterocycles. The van der Waals surface area contributed by atoms with Crippen molar-refractivity contribution >= 4 is 22.8 Å². The van der Waals surface area contributed by atoms with E-state index in [1.165, 1.54) is 4.90 Å².